The van der Waals surface area contributed by atoms with Crippen LogP contribution in [0.1, 0.15) is 34.6 Å². The van der Waals surface area contributed by atoms with Gasteiger partial charge in [-0.1, -0.05) is 13.8 Å². The zero-order valence-electron chi connectivity index (χ0n) is 10.5. The van der Waals surface area contributed by atoms with Crippen LogP contribution in [0.4, 0.5) is 4.79 Å². The molecule has 16 heavy (non-hydrogen) atoms. The van der Waals surface area contributed by atoms with Crippen molar-refractivity contribution in [2.24, 2.45) is 11.8 Å². The third-order valence-electron chi connectivity index (χ3n) is 1.76. The number of ether oxygens (including phenoxy) is 1. The van der Waals surface area contributed by atoms with Gasteiger partial charge in [0.2, 0.25) is 0 Å². The summed E-state index contributed by atoms with van der Waals surface area (Å²) in [5, 5.41) is 2.47. The molecular weight excluding hydrogens is 210 g/mol. The van der Waals surface area contributed by atoms with Crippen LogP contribution in [-0.4, -0.2) is 23.6 Å². The quantitative estimate of drug-likeness (QED) is 0.375. The SMILES string of the molecule is CC(C)[C@@H](NC(=O)OC(C)(C)C)C(=O)NN. The van der Waals surface area contributed by atoms with Crippen LogP contribution in [-0.2, 0) is 9.53 Å². The third-order valence-corrected chi connectivity index (χ3v) is 1.76. The van der Waals surface area contributed by atoms with Crippen molar-refractivity contribution < 1.29 is 14.3 Å². The van der Waals surface area contributed by atoms with Crippen LogP contribution in [0.15, 0.2) is 0 Å². The Hall–Kier alpha value is -1.30. The highest BCUT2D eigenvalue weighted by atomic mass is 16.6. The van der Waals surface area contributed by atoms with E-state index in [0.29, 0.717) is 0 Å². The lowest BCUT2D eigenvalue weighted by molar-refractivity contribution is -0.124. The fourth-order valence-corrected chi connectivity index (χ4v) is 1.06. The van der Waals surface area contributed by atoms with E-state index in [1.807, 2.05) is 5.43 Å². The average molecular weight is 231 g/mol. The van der Waals surface area contributed by atoms with Crippen LogP contribution >= 0.6 is 0 Å². The normalized spacial score (nSPS) is 13.2. The van der Waals surface area contributed by atoms with Crippen molar-refractivity contribution in [3.8, 4) is 0 Å². The summed E-state index contributed by atoms with van der Waals surface area (Å²) >= 11 is 0. The van der Waals surface area contributed by atoms with E-state index in [9.17, 15) is 9.59 Å². The first-order chi connectivity index (χ1) is 7.17. The number of nitrogens with two attached hydrogens (primary N) is 1. The van der Waals surface area contributed by atoms with Crippen LogP contribution < -0.4 is 16.6 Å². The lowest BCUT2D eigenvalue weighted by Gasteiger charge is -2.24. The molecule has 6 nitrogen and oxygen atoms in total. The molecule has 0 unspecified atom stereocenters. The molecule has 0 aliphatic carbocycles. The molecule has 0 saturated carbocycles. The highest BCUT2D eigenvalue weighted by molar-refractivity contribution is 5.85. The number of nitrogens with one attached hydrogen (secondary N) is 2. The number of hydrogen-bond donors (Lipinski definition) is 3. The summed E-state index contributed by atoms with van der Waals surface area (Å²) < 4.78 is 5.04. The van der Waals surface area contributed by atoms with Gasteiger partial charge in [-0.2, -0.15) is 0 Å². The maximum Gasteiger partial charge on any atom is 0.408 e. The summed E-state index contributed by atoms with van der Waals surface area (Å²) in [5.41, 5.74) is 1.41. The van der Waals surface area contributed by atoms with Crippen molar-refractivity contribution in [2.45, 2.75) is 46.3 Å². The van der Waals surface area contributed by atoms with Gasteiger partial charge in [-0.25, -0.2) is 10.6 Å². The van der Waals surface area contributed by atoms with E-state index in [2.05, 4.69) is 5.32 Å². The first-order valence-electron chi connectivity index (χ1n) is 5.17. The summed E-state index contributed by atoms with van der Waals surface area (Å²) in [6, 6.07) is -0.695. The van der Waals surface area contributed by atoms with E-state index in [-0.39, 0.29) is 5.92 Å². The Labute approximate surface area is 95.9 Å². The fraction of sp³-hybridized carbons (Fsp3) is 0.800. The van der Waals surface area contributed by atoms with Crippen molar-refractivity contribution in [1.82, 2.24) is 10.7 Å². The first kappa shape index (κ1) is 14.7. The third kappa shape index (κ3) is 5.55. The molecule has 1 atom stereocenters. The van der Waals surface area contributed by atoms with Gasteiger partial charge >= 0.3 is 6.09 Å². The van der Waals surface area contributed by atoms with Gasteiger partial charge in [0.15, 0.2) is 0 Å². The number of alkyl carbamates (subject to hydrolysis) is 1. The molecule has 94 valence electrons. The van der Waals surface area contributed by atoms with Crippen LogP contribution in [0.3, 0.4) is 0 Å². The molecule has 0 aromatic rings. The molecule has 2 amide bonds. The Morgan fingerprint density at radius 1 is 1.25 bits per heavy atom. The predicted octanol–water partition coefficient (Wildman–Crippen LogP) is 0.526. The molecular formula is C10H21N3O3. The van der Waals surface area contributed by atoms with Gasteiger partial charge in [-0.3, -0.25) is 10.2 Å². The van der Waals surface area contributed by atoms with Crippen molar-refractivity contribution >= 4 is 12.0 Å². The second-order valence-electron chi connectivity index (χ2n) is 4.88. The number of rotatable bonds is 3. The Bertz CT molecular complexity index is 259. The number of amides is 2. The van der Waals surface area contributed by atoms with Crippen molar-refractivity contribution in [2.75, 3.05) is 0 Å². The molecule has 0 rings (SSSR count). The van der Waals surface area contributed by atoms with Gasteiger partial charge < -0.3 is 10.1 Å². The van der Waals surface area contributed by atoms with E-state index < -0.39 is 23.6 Å². The van der Waals surface area contributed by atoms with Gasteiger partial charge in [-0.15, -0.1) is 0 Å². The summed E-state index contributed by atoms with van der Waals surface area (Å²) in [4.78, 5) is 22.8. The Kier molecular flexibility index (Phi) is 5.23. The number of hydrogen-bond acceptors (Lipinski definition) is 4. The van der Waals surface area contributed by atoms with Crippen LogP contribution in [0.25, 0.3) is 0 Å². The maximum atomic E-state index is 11.4. The second-order valence-corrected chi connectivity index (χ2v) is 4.88. The summed E-state index contributed by atoms with van der Waals surface area (Å²) in [6.45, 7) is 8.86. The van der Waals surface area contributed by atoms with Crippen molar-refractivity contribution in [1.29, 1.82) is 0 Å². The molecule has 0 radical (unpaired) electrons. The zero-order chi connectivity index (χ0) is 12.9. The van der Waals surface area contributed by atoms with Crippen LogP contribution in [0.5, 0.6) is 0 Å². The zero-order valence-corrected chi connectivity index (χ0v) is 10.5. The highest BCUT2D eigenvalue weighted by Gasteiger charge is 2.26. The summed E-state index contributed by atoms with van der Waals surface area (Å²) in [6.07, 6.45) is -0.630. The average Bonchev–Trinajstić information content (AvgIpc) is 2.09. The molecule has 6 heteroatoms. The highest BCUT2D eigenvalue weighted by Crippen LogP contribution is 2.08. The van der Waals surface area contributed by atoms with Crippen molar-refractivity contribution in [3.63, 3.8) is 0 Å². The number of carbonyl (C=O) groups is 2. The minimum absolute atomic E-state index is 0.0731. The largest absolute Gasteiger partial charge is 0.444 e. The van der Waals surface area contributed by atoms with Gasteiger partial charge in [0.25, 0.3) is 5.91 Å². The molecule has 0 aliphatic rings. The molecule has 0 spiro atoms. The molecule has 0 bridgehead atoms. The molecule has 0 aromatic heterocycles. The molecule has 4 N–H and O–H groups in total. The topological polar surface area (TPSA) is 93.4 Å². The van der Waals surface area contributed by atoms with Crippen LogP contribution in [0.2, 0.25) is 0 Å². The Morgan fingerprint density at radius 3 is 2.06 bits per heavy atom. The number of carbonyl (C=O) groups excluding carboxylic acids is 2. The van der Waals surface area contributed by atoms with E-state index >= 15 is 0 Å². The Morgan fingerprint density at radius 2 is 1.75 bits per heavy atom. The molecule has 0 fully saturated rings. The lowest BCUT2D eigenvalue weighted by Crippen LogP contribution is -2.52. The maximum absolute atomic E-state index is 11.4. The van der Waals surface area contributed by atoms with Gasteiger partial charge in [0.1, 0.15) is 11.6 Å². The molecule has 0 saturated heterocycles. The van der Waals surface area contributed by atoms with E-state index in [1.54, 1.807) is 34.6 Å². The summed E-state index contributed by atoms with van der Waals surface area (Å²) in [5.74, 6) is 4.51. The van der Waals surface area contributed by atoms with E-state index in [0.717, 1.165) is 0 Å². The van der Waals surface area contributed by atoms with Crippen molar-refractivity contribution in [3.05, 3.63) is 0 Å². The molecule has 0 aliphatic heterocycles. The van der Waals surface area contributed by atoms with Gasteiger partial charge in [0.05, 0.1) is 0 Å². The Balaban J connectivity index is 4.42. The first-order valence-corrected chi connectivity index (χ1v) is 5.17. The van der Waals surface area contributed by atoms with Gasteiger partial charge in [-0.05, 0) is 26.7 Å². The lowest BCUT2D eigenvalue weighted by atomic mass is 10.0. The monoisotopic (exact) mass is 231 g/mol. The van der Waals surface area contributed by atoms with Gasteiger partial charge in [0, 0.05) is 0 Å². The van der Waals surface area contributed by atoms with E-state index in [1.165, 1.54) is 0 Å². The molecule has 0 heterocycles. The minimum atomic E-state index is -0.695. The standard InChI is InChI=1S/C10H21N3O3/c1-6(2)7(8(14)13-11)12-9(15)16-10(3,4)5/h6-7H,11H2,1-5H3,(H,12,15)(H,13,14)/t7-/m1/s1. The summed E-state index contributed by atoms with van der Waals surface area (Å²) in [7, 11) is 0. The smallest absolute Gasteiger partial charge is 0.408 e. The second kappa shape index (κ2) is 5.69. The van der Waals surface area contributed by atoms with Crippen LogP contribution in [0, 0.1) is 5.92 Å². The molecule has 0 aromatic carbocycles. The number of hydrazine groups is 1. The van der Waals surface area contributed by atoms with E-state index in [4.69, 9.17) is 10.6 Å². The fourth-order valence-electron chi connectivity index (χ4n) is 1.06. The minimum Gasteiger partial charge on any atom is -0.444 e. The predicted molar refractivity (Wildman–Crippen MR) is 60.3 cm³/mol.